The highest BCUT2D eigenvalue weighted by atomic mass is 32.2. The summed E-state index contributed by atoms with van der Waals surface area (Å²) in [5, 5.41) is 0. The maximum Gasteiger partial charge on any atom is 0.264 e. The van der Waals surface area contributed by atoms with Gasteiger partial charge >= 0.3 is 0 Å². The van der Waals surface area contributed by atoms with Gasteiger partial charge in [-0.2, -0.15) is 0 Å². The molecule has 2 aromatic rings. The molecule has 0 unspecified atom stereocenters. The van der Waals surface area contributed by atoms with Crippen LogP contribution in [0.1, 0.15) is 24.0 Å². The van der Waals surface area contributed by atoms with Gasteiger partial charge in [0.1, 0.15) is 0 Å². The molecule has 4 heteroatoms. The van der Waals surface area contributed by atoms with Crippen molar-refractivity contribution in [1.82, 2.24) is 0 Å². The van der Waals surface area contributed by atoms with E-state index in [-0.39, 0.29) is 0 Å². The minimum absolute atomic E-state index is 0.404. The second-order valence-electron chi connectivity index (χ2n) is 5.43. The van der Waals surface area contributed by atoms with E-state index in [1.165, 1.54) is 0 Å². The van der Waals surface area contributed by atoms with Crippen molar-refractivity contribution in [2.24, 2.45) is 0 Å². The van der Waals surface area contributed by atoms with Gasteiger partial charge in [0.25, 0.3) is 10.0 Å². The van der Waals surface area contributed by atoms with Crippen LogP contribution >= 0.6 is 0 Å². The summed E-state index contributed by atoms with van der Waals surface area (Å²) in [4.78, 5) is 0.404. The van der Waals surface area contributed by atoms with Gasteiger partial charge < -0.3 is 0 Å². The van der Waals surface area contributed by atoms with Crippen molar-refractivity contribution in [3.8, 4) is 0 Å². The van der Waals surface area contributed by atoms with Gasteiger partial charge in [-0.1, -0.05) is 36.4 Å². The number of anilines is 1. The van der Waals surface area contributed by atoms with Crippen molar-refractivity contribution in [3.05, 3.63) is 59.7 Å². The molecule has 0 aliphatic carbocycles. The molecule has 0 bridgehead atoms. The van der Waals surface area contributed by atoms with E-state index >= 15 is 0 Å². The number of sulfonamides is 1. The number of aryl methyl sites for hydroxylation is 2. The van der Waals surface area contributed by atoms with Crippen LogP contribution in [0.5, 0.6) is 0 Å². The summed E-state index contributed by atoms with van der Waals surface area (Å²) in [5.74, 6) is 0. The standard InChI is InChI=1S/C17H19NO2S/c1-14-8-2-5-12-17(14)21(19,20)18-13-7-6-10-15-9-3-4-11-16(15)18/h2-5,8-9,11-12H,6-7,10,13H2,1H3. The fourth-order valence-electron chi connectivity index (χ4n) is 2.87. The second-order valence-corrected chi connectivity index (χ2v) is 7.26. The monoisotopic (exact) mass is 301 g/mol. The summed E-state index contributed by atoms with van der Waals surface area (Å²) in [7, 11) is -3.50. The summed E-state index contributed by atoms with van der Waals surface area (Å²) < 4.78 is 27.7. The number of rotatable bonds is 2. The van der Waals surface area contributed by atoms with E-state index in [1.807, 2.05) is 43.3 Å². The van der Waals surface area contributed by atoms with E-state index in [9.17, 15) is 8.42 Å². The number of para-hydroxylation sites is 1. The molecule has 0 atom stereocenters. The fraction of sp³-hybridized carbons (Fsp3) is 0.294. The smallest absolute Gasteiger partial charge is 0.264 e. The Morgan fingerprint density at radius 1 is 0.952 bits per heavy atom. The lowest BCUT2D eigenvalue weighted by Crippen LogP contribution is -2.32. The Morgan fingerprint density at radius 2 is 1.67 bits per heavy atom. The first-order valence-electron chi connectivity index (χ1n) is 7.27. The molecule has 2 aromatic carbocycles. The van der Waals surface area contributed by atoms with Gasteiger partial charge in [-0.3, -0.25) is 4.31 Å². The molecule has 0 fully saturated rings. The highest BCUT2D eigenvalue weighted by molar-refractivity contribution is 7.92. The van der Waals surface area contributed by atoms with Crippen molar-refractivity contribution in [2.45, 2.75) is 31.1 Å². The first-order chi connectivity index (χ1) is 10.1. The van der Waals surface area contributed by atoms with Gasteiger partial charge in [-0.05, 0) is 49.4 Å². The Bertz CT molecular complexity index is 753. The lowest BCUT2D eigenvalue weighted by molar-refractivity contribution is 0.588. The van der Waals surface area contributed by atoms with Crippen LogP contribution in [0.15, 0.2) is 53.4 Å². The quantitative estimate of drug-likeness (QED) is 0.851. The molecular weight excluding hydrogens is 282 g/mol. The van der Waals surface area contributed by atoms with Crippen molar-refractivity contribution >= 4 is 15.7 Å². The van der Waals surface area contributed by atoms with Gasteiger partial charge in [0.05, 0.1) is 10.6 Å². The molecule has 3 rings (SSSR count). The lowest BCUT2D eigenvalue weighted by Gasteiger charge is -2.25. The SMILES string of the molecule is Cc1ccccc1S(=O)(=O)N1CCCCc2ccccc21. The molecule has 0 saturated heterocycles. The Balaban J connectivity index is 2.13. The number of hydrogen-bond acceptors (Lipinski definition) is 2. The molecule has 0 amide bonds. The molecule has 1 aliphatic rings. The third kappa shape index (κ3) is 2.56. The van der Waals surface area contributed by atoms with Gasteiger partial charge in [0.2, 0.25) is 0 Å². The Labute approximate surface area is 126 Å². The average Bonchev–Trinajstić information content (AvgIpc) is 2.70. The summed E-state index contributed by atoms with van der Waals surface area (Å²) >= 11 is 0. The van der Waals surface area contributed by atoms with Crippen LogP contribution in [0.3, 0.4) is 0 Å². The van der Waals surface area contributed by atoms with Crippen LogP contribution in [0.2, 0.25) is 0 Å². The van der Waals surface area contributed by atoms with Crippen LogP contribution in [0.4, 0.5) is 5.69 Å². The zero-order valence-electron chi connectivity index (χ0n) is 12.1. The van der Waals surface area contributed by atoms with Crippen LogP contribution < -0.4 is 4.31 Å². The maximum atomic E-state index is 13.0. The molecule has 1 aliphatic heterocycles. The van der Waals surface area contributed by atoms with Crippen LogP contribution in [0, 0.1) is 6.92 Å². The molecule has 3 nitrogen and oxygen atoms in total. The molecule has 0 saturated carbocycles. The van der Waals surface area contributed by atoms with Crippen LogP contribution in [0.25, 0.3) is 0 Å². The third-order valence-corrected chi connectivity index (χ3v) is 5.95. The van der Waals surface area contributed by atoms with Crippen molar-refractivity contribution in [2.75, 3.05) is 10.8 Å². The van der Waals surface area contributed by atoms with E-state index < -0.39 is 10.0 Å². The Kier molecular flexibility index (Phi) is 3.72. The van der Waals surface area contributed by atoms with Gasteiger partial charge in [-0.15, -0.1) is 0 Å². The van der Waals surface area contributed by atoms with Crippen LogP contribution in [-0.2, 0) is 16.4 Å². The first-order valence-corrected chi connectivity index (χ1v) is 8.71. The summed E-state index contributed by atoms with van der Waals surface area (Å²) in [5.41, 5.74) is 2.74. The minimum Gasteiger partial charge on any atom is -0.266 e. The van der Waals surface area contributed by atoms with Crippen LogP contribution in [-0.4, -0.2) is 15.0 Å². The maximum absolute atomic E-state index is 13.0. The second kappa shape index (κ2) is 5.53. The predicted molar refractivity (Wildman–Crippen MR) is 85.1 cm³/mol. The third-order valence-electron chi connectivity index (χ3n) is 3.98. The first kappa shape index (κ1) is 14.1. The summed E-state index contributed by atoms with van der Waals surface area (Å²) in [6.45, 7) is 2.39. The van der Waals surface area contributed by atoms with Crippen molar-refractivity contribution < 1.29 is 8.42 Å². The van der Waals surface area contributed by atoms with E-state index in [1.54, 1.807) is 16.4 Å². The van der Waals surface area contributed by atoms with E-state index in [0.29, 0.717) is 11.4 Å². The highest BCUT2D eigenvalue weighted by Gasteiger charge is 2.28. The van der Waals surface area contributed by atoms with Gasteiger partial charge in [0.15, 0.2) is 0 Å². The number of nitrogens with zero attached hydrogens (tertiary/aromatic N) is 1. The Hall–Kier alpha value is -1.81. The zero-order chi connectivity index (χ0) is 14.9. The molecule has 0 spiro atoms. The van der Waals surface area contributed by atoms with E-state index in [0.717, 1.165) is 36.1 Å². The predicted octanol–water partition coefficient (Wildman–Crippen LogP) is 3.53. The van der Waals surface area contributed by atoms with Crippen molar-refractivity contribution in [3.63, 3.8) is 0 Å². The van der Waals surface area contributed by atoms with Gasteiger partial charge in [0, 0.05) is 6.54 Å². The molecule has 1 heterocycles. The van der Waals surface area contributed by atoms with Crippen molar-refractivity contribution in [1.29, 1.82) is 0 Å². The van der Waals surface area contributed by atoms with Gasteiger partial charge in [-0.25, -0.2) is 8.42 Å². The molecule has 0 radical (unpaired) electrons. The highest BCUT2D eigenvalue weighted by Crippen LogP contribution is 2.31. The fourth-order valence-corrected chi connectivity index (χ4v) is 4.64. The Morgan fingerprint density at radius 3 is 2.48 bits per heavy atom. The molecule has 110 valence electrons. The summed E-state index contributed by atoms with van der Waals surface area (Å²) in [6, 6.07) is 15.0. The topological polar surface area (TPSA) is 37.4 Å². The zero-order valence-corrected chi connectivity index (χ0v) is 12.9. The minimum atomic E-state index is -3.50. The molecular formula is C17H19NO2S. The number of hydrogen-bond donors (Lipinski definition) is 0. The summed E-state index contributed by atoms with van der Waals surface area (Å²) in [6.07, 6.45) is 2.85. The number of fused-ring (bicyclic) bond motifs is 1. The normalized spacial score (nSPS) is 15.4. The van der Waals surface area contributed by atoms with E-state index in [2.05, 4.69) is 0 Å². The number of benzene rings is 2. The lowest BCUT2D eigenvalue weighted by atomic mass is 10.1. The molecule has 0 N–H and O–H groups in total. The van der Waals surface area contributed by atoms with E-state index in [4.69, 9.17) is 0 Å². The molecule has 0 aromatic heterocycles. The largest absolute Gasteiger partial charge is 0.266 e. The average molecular weight is 301 g/mol. The molecule has 21 heavy (non-hydrogen) atoms.